The van der Waals surface area contributed by atoms with Gasteiger partial charge in [-0.3, -0.25) is 4.79 Å². The van der Waals surface area contributed by atoms with E-state index in [1.54, 1.807) is 18.2 Å². The molecular formula is C21H21N3O4S. The minimum atomic E-state index is -4.11. The maximum Gasteiger partial charge on any atom is 0.339 e. The summed E-state index contributed by atoms with van der Waals surface area (Å²) in [6.45, 7) is 3.47. The highest BCUT2D eigenvalue weighted by Gasteiger charge is 2.23. The minimum Gasteiger partial charge on any atom is -0.379 e. The van der Waals surface area contributed by atoms with Gasteiger partial charge in [0.05, 0.1) is 0 Å². The molecule has 0 aromatic heterocycles. The number of piperazine rings is 1. The van der Waals surface area contributed by atoms with Crippen molar-refractivity contribution in [3.8, 4) is 5.75 Å². The molecule has 0 aliphatic carbocycles. The fourth-order valence-electron chi connectivity index (χ4n) is 3.53. The first-order valence-corrected chi connectivity index (χ1v) is 10.7. The largest absolute Gasteiger partial charge is 0.379 e. The highest BCUT2D eigenvalue weighted by atomic mass is 32.2. The second-order valence-corrected chi connectivity index (χ2v) is 8.31. The van der Waals surface area contributed by atoms with E-state index in [1.165, 1.54) is 24.3 Å². The number of nitrogens with one attached hydrogen (secondary N) is 1. The average molecular weight is 411 g/mol. The molecule has 0 unspecified atom stereocenters. The zero-order valence-corrected chi connectivity index (χ0v) is 16.5. The molecule has 1 amide bonds. The van der Waals surface area contributed by atoms with Gasteiger partial charge in [0.2, 0.25) is 5.91 Å². The minimum absolute atomic E-state index is 0.0385. The molecule has 1 fully saturated rings. The molecule has 3 aromatic rings. The Balaban J connectivity index is 1.75. The number of nitrogens with two attached hydrogens (primary N) is 1. The van der Waals surface area contributed by atoms with Crippen LogP contribution in [0.5, 0.6) is 5.75 Å². The van der Waals surface area contributed by atoms with Crippen LogP contribution in [0.2, 0.25) is 0 Å². The Labute approximate surface area is 169 Å². The number of carbonyl (C=O) groups excluding carboxylic acids is 1. The molecule has 8 heteroatoms. The normalized spacial score (nSPS) is 14.7. The molecule has 4 rings (SSSR count). The second kappa shape index (κ2) is 7.73. The van der Waals surface area contributed by atoms with Crippen LogP contribution in [-0.2, 0) is 10.1 Å². The zero-order valence-electron chi connectivity index (χ0n) is 15.7. The number of hydrogen-bond donors (Lipinski definition) is 2. The van der Waals surface area contributed by atoms with Crippen LogP contribution in [0.15, 0.2) is 65.6 Å². The van der Waals surface area contributed by atoms with Crippen LogP contribution in [0.3, 0.4) is 0 Å². The summed E-state index contributed by atoms with van der Waals surface area (Å²) in [7, 11) is -4.11. The van der Waals surface area contributed by atoms with Gasteiger partial charge >= 0.3 is 10.1 Å². The highest BCUT2D eigenvalue weighted by Crippen LogP contribution is 2.33. The molecule has 150 valence electrons. The van der Waals surface area contributed by atoms with Gasteiger partial charge in [-0.15, -0.1) is 0 Å². The molecule has 1 saturated heterocycles. The van der Waals surface area contributed by atoms with Crippen LogP contribution in [0.1, 0.15) is 10.4 Å². The first kappa shape index (κ1) is 19.2. The van der Waals surface area contributed by atoms with Gasteiger partial charge in [-0.05, 0) is 30.3 Å². The number of primary amides is 1. The predicted molar refractivity (Wildman–Crippen MR) is 112 cm³/mol. The Hall–Kier alpha value is -3.10. The lowest BCUT2D eigenvalue weighted by molar-refractivity contribution is 0.1000. The number of nitrogens with zero attached hydrogens (tertiary/aromatic N) is 1. The van der Waals surface area contributed by atoms with Gasteiger partial charge in [0, 0.05) is 48.2 Å². The number of hydrogen-bond acceptors (Lipinski definition) is 6. The number of amides is 1. The van der Waals surface area contributed by atoms with Crippen molar-refractivity contribution < 1.29 is 17.4 Å². The molecular weight excluding hydrogens is 390 g/mol. The van der Waals surface area contributed by atoms with Crippen LogP contribution in [0, 0.1) is 0 Å². The lowest BCUT2D eigenvalue weighted by Gasteiger charge is -2.30. The summed E-state index contributed by atoms with van der Waals surface area (Å²) in [4.78, 5) is 13.7. The topological polar surface area (TPSA) is 102 Å². The number of benzene rings is 3. The van der Waals surface area contributed by atoms with Gasteiger partial charge in [-0.1, -0.05) is 30.3 Å². The molecule has 7 nitrogen and oxygen atoms in total. The summed E-state index contributed by atoms with van der Waals surface area (Å²) in [6.07, 6.45) is 0. The van der Waals surface area contributed by atoms with Crippen molar-refractivity contribution >= 4 is 32.5 Å². The summed E-state index contributed by atoms with van der Waals surface area (Å²) in [5.74, 6) is -0.616. The Kier molecular flexibility index (Phi) is 5.12. The molecule has 0 radical (unpaired) electrons. The van der Waals surface area contributed by atoms with Crippen molar-refractivity contribution in [2.45, 2.75) is 4.90 Å². The molecule has 1 aliphatic heterocycles. The third kappa shape index (κ3) is 3.90. The summed E-state index contributed by atoms with van der Waals surface area (Å²) >= 11 is 0. The van der Waals surface area contributed by atoms with Crippen LogP contribution >= 0.6 is 0 Å². The molecule has 0 bridgehead atoms. The summed E-state index contributed by atoms with van der Waals surface area (Å²) in [5, 5.41) is 4.76. The SMILES string of the molecule is NC(=O)c1cccc(OS(=O)(=O)c2ccc(N3CCNCC3)c3ccccc23)c1. The van der Waals surface area contributed by atoms with Crippen molar-refractivity contribution in [2.75, 3.05) is 31.1 Å². The van der Waals surface area contributed by atoms with E-state index in [2.05, 4.69) is 10.2 Å². The number of rotatable bonds is 5. The van der Waals surface area contributed by atoms with Gasteiger partial charge in [-0.2, -0.15) is 8.42 Å². The molecule has 3 N–H and O–H groups in total. The number of anilines is 1. The molecule has 0 atom stereocenters. The molecule has 1 aliphatic rings. The zero-order chi connectivity index (χ0) is 20.4. The van der Waals surface area contributed by atoms with Crippen molar-refractivity contribution in [1.82, 2.24) is 5.32 Å². The van der Waals surface area contributed by atoms with E-state index in [9.17, 15) is 13.2 Å². The van der Waals surface area contributed by atoms with Gasteiger partial charge in [0.25, 0.3) is 0 Å². The standard InChI is InChI=1S/C21H21N3O4S/c22-21(25)15-4-3-5-16(14-15)28-29(26,27)20-9-8-19(24-12-10-23-11-13-24)17-6-1-2-7-18(17)20/h1-9,14,23H,10-13H2,(H2,22,25). The molecule has 29 heavy (non-hydrogen) atoms. The number of carbonyl (C=O) groups is 1. The van der Waals surface area contributed by atoms with Gasteiger partial charge in [0.15, 0.2) is 0 Å². The highest BCUT2D eigenvalue weighted by molar-refractivity contribution is 7.87. The smallest absolute Gasteiger partial charge is 0.339 e. The molecule has 1 heterocycles. The van der Waals surface area contributed by atoms with E-state index >= 15 is 0 Å². The third-order valence-electron chi connectivity index (χ3n) is 4.91. The lowest BCUT2D eigenvalue weighted by atomic mass is 10.1. The quantitative estimate of drug-likeness (QED) is 0.624. The first-order valence-electron chi connectivity index (χ1n) is 9.27. The van der Waals surface area contributed by atoms with Crippen LogP contribution < -0.4 is 20.1 Å². The summed E-state index contributed by atoms with van der Waals surface area (Å²) in [6, 6.07) is 16.6. The van der Waals surface area contributed by atoms with Gasteiger partial charge in [0.1, 0.15) is 10.6 Å². The van der Waals surface area contributed by atoms with Crippen molar-refractivity contribution in [2.24, 2.45) is 5.73 Å². The first-order chi connectivity index (χ1) is 14.0. The Bertz CT molecular complexity index is 1170. The average Bonchev–Trinajstić information content (AvgIpc) is 2.73. The van der Waals surface area contributed by atoms with E-state index in [1.807, 2.05) is 18.2 Å². The van der Waals surface area contributed by atoms with E-state index in [0.717, 1.165) is 37.3 Å². The third-order valence-corrected chi connectivity index (χ3v) is 6.22. The van der Waals surface area contributed by atoms with Crippen LogP contribution in [0.25, 0.3) is 10.8 Å². The van der Waals surface area contributed by atoms with E-state index in [-0.39, 0.29) is 16.2 Å². The monoisotopic (exact) mass is 411 g/mol. The Morgan fingerprint density at radius 1 is 0.966 bits per heavy atom. The predicted octanol–water partition coefficient (Wildman–Crippen LogP) is 2.12. The van der Waals surface area contributed by atoms with Gasteiger partial charge in [-0.25, -0.2) is 0 Å². The maximum atomic E-state index is 13.0. The fourth-order valence-corrected chi connectivity index (χ4v) is 4.66. The van der Waals surface area contributed by atoms with Gasteiger partial charge < -0.3 is 20.1 Å². The van der Waals surface area contributed by atoms with E-state index in [0.29, 0.717) is 5.39 Å². The molecule has 3 aromatic carbocycles. The Morgan fingerprint density at radius 2 is 1.69 bits per heavy atom. The Morgan fingerprint density at radius 3 is 2.41 bits per heavy atom. The van der Waals surface area contributed by atoms with Crippen molar-refractivity contribution in [3.63, 3.8) is 0 Å². The maximum absolute atomic E-state index is 13.0. The second-order valence-electron chi connectivity index (χ2n) is 6.79. The lowest BCUT2D eigenvalue weighted by Crippen LogP contribution is -2.43. The summed E-state index contributed by atoms with van der Waals surface area (Å²) < 4.78 is 31.4. The fraction of sp³-hybridized carbons (Fsp3) is 0.190. The van der Waals surface area contributed by atoms with Crippen molar-refractivity contribution in [1.29, 1.82) is 0 Å². The molecule has 0 spiro atoms. The number of fused-ring (bicyclic) bond motifs is 1. The van der Waals surface area contributed by atoms with E-state index < -0.39 is 16.0 Å². The molecule has 0 saturated carbocycles. The van der Waals surface area contributed by atoms with E-state index in [4.69, 9.17) is 9.92 Å². The van der Waals surface area contributed by atoms with Crippen LogP contribution in [0.4, 0.5) is 5.69 Å². The summed E-state index contributed by atoms with van der Waals surface area (Å²) in [5.41, 5.74) is 6.44. The van der Waals surface area contributed by atoms with Crippen LogP contribution in [-0.4, -0.2) is 40.5 Å². The van der Waals surface area contributed by atoms with Crippen molar-refractivity contribution in [3.05, 3.63) is 66.2 Å².